The largest absolute Gasteiger partial charge is 0.480 e. The van der Waals surface area contributed by atoms with E-state index in [9.17, 15) is 9.90 Å². The van der Waals surface area contributed by atoms with Crippen molar-refractivity contribution in [3.05, 3.63) is 12.0 Å². The molecule has 0 bridgehead atoms. The second kappa shape index (κ2) is 4.83. The smallest absolute Gasteiger partial charge is 0.323 e. The lowest BCUT2D eigenvalue weighted by Crippen LogP contribution is -2.51. The summed E-state index contributed by atoms with van der Waals surface area (Å²) in [5.74, 6) is -0.717. The molecular weight excluding hydrogens is 264 g/mol. The van der Waals surface area contributed by atoms with Crippen molar-refractivity contribution in [1.29, 1.82) is 0 Å². The van der Waals surface area contributed by atoms with Crippen LogP contribution in [0.3, 0.4) is 0 Å². The predicted octanol–water partition coefficient (Wildman–Crippen LogP) is 2.20. The number of nitrogens with one attached hydrogen (secondary N) is 1. The van der Waals surface area contributed by atoms with Gasteiger partial charge in [0.2, 0.25) is 0 Å². The van der Waals surface area contributed by atoms with Crippen molar-refractivity contribution in [3.63, 3.8) is 0 Å². The molecule has 0 saturated heterocycles. The summed E-state index contributed by atoms with van der Waals surface area (Å²) in [5, 5.41) is 13.8. The minimum atomic E-state index is -0.736. The Morgan fingerprint density at radius 3 is 2.95 bits per heavy atom. The molecular formula is C13H18N2O3S. The third kappa shape index (κ3) is 2.79. The monoisotopic (exact) mass is 282 g/mol. The summed E-state index contributed by atoms with van der Waals surface area (Å²) in [5.41, 5.74) is 0.126. The van der Waals surface area contributed by atoms with Crippen LogP contribution in [0.1, 0.15) is 37.8 Å². The maximum absolute atomic E-state index is 11.6. The first kappa shape index (κ1) is 13.0. The molecule has 0 radical (unpaired) electrons. The number of nitrogens with zero attached hydrogens (tertiary/aromatic N) is 1. The topological polar surface area (TPSA) is 75.4 Å². The van der Waals surface area contributed by atoms with E-state index < -0.39 is 11.5 Å². The van der Waals surface area contributed by atoms with Gasteiger partial charge in [-0.2, -0.15) is 0 Å². The maximum Gasteiger partial charge on any atom is 0.323 e. The average molecular weight is 282 g/mol. The van der Waals surface area contributed by atoms with Crippen molar-refractivity contribution in [2.45, 2.75) is 61.1 Å². The first-order valence-corrected chi connectivity index (χ1v) is 7.55. The number of carboxylic acids is 1. The highest BCUT2D eigenvalue weighted by atomic mass is 32.2. The second-order valence-corrected chi connectivity index (χ2v) is 6.79. The van der Waals surface area contributed by atoms with Gasteiger partial charge in [0.25, 0.3) is 5.22 Å². The molecule has 1 aromatic heterocycles. The molecule has 1 aromatic rings. The van der Waals surface area contributed by atoms with E-state index in [1.54, 1.807) is 18.0 Å². The molecule has 2 aliphatic rings. The number of aromatic nitrogens is 1. The third-order valence-corrected chi connectivity index (χ3v) is 4.93. The third-order valence-electron chi connectivity index (χ3n) is 3.80. The van der Waals surface area contributed by atoms with Gasteiger partial charge in [-0.05, 0) is 39.0 Å². The number of hydrogen-bond acceptors (Lipinski definition) is 5. The number of oxazole rings is 1. The zero-order valence-electron chi connectivity index (χ0n) is 10.9. The Balaban J connectivity index is 1.65. The van der Waals surface area contributed by atoms with Crippen molar-refractivity contribution in [3.8, 4) is 0 Å². The van der Waals surface area contributed by atoms with Crippen LogP contribution in [0.2, 0.25) is 0 Å². The lowest BCUT2D eigenvalue weighted by molar-refractivity contribution is -0.144. The number of aryl methyl sites for hydroxylation is 1. The van der Waals surface area contributed by atoms with Gasteiger partial charge < -0.3 is 9.52 Å². The van der Waals surface area contributed by atoms with Crippen molar-refractivity contribution < 1.29 is 14.3 Å². The van der Waals surface area contributed by atoms with Gasteiger partial charge in [0, 0.05) is 11.3 Å². The molecule has 2 saturated carbocycles. The van der Waals surface area contributed by atoms with Gasteiger partial charge in [-0.1, -0.05) is 11.8 Å². The SMILES string of the molecule is Cc1coc(SC2CCC(NC3CC3)(C(=O)O)C2)n1. The highest BCUT2D eigenvalue weighted by Crippen LogP contribution is 2.41. The summed E-state index contributed by atoms with van der Waals surface area (Å²) in [6, 6.07) is 0.406. The molecule has 2 fully saturated rings. The highest BCUT2D eigenvalue weighted by Gasteiger charge is 2.48. The molecule has 0 spiro atoms. The normalized spacial score (nSPS) is 30.7. The first-order valence-electron chi connectivity index (χ1n) is 6.67. The Labute approximate surface area is 116 Å². The standard InChI is InChI=1S/C13H18N2O3S/c1-8-7-18-12(14-8)19-10-4-5-13(6-10,11(16)17)15-9-2-3-9/h7,9-10,15H,2-6H2,1H3,(H,16,17). The number of thioether (sulfide) groups is 1. The van der Waals surface area contributed by atoms with Crippen molar-refractivity contribution in [2.75, 3.05) is 0 Å². The number of carboxylic acid groups (broad SMARTS) is 1. The fraction of sp³-hybridized carbons (Fsp3) is 0.692. The Hall–Kier alpha value is -1.01. The van der Waals surface area contributed by atoms with Gasteiger partial charge in [-0.3, -0.25) is 10.1 Å². The summed E-state index contributed by atoms with van der Waals surface area (Å²) in [7, 11) is 0. The zero-order chi connectivity index (χ0) is 13.5. The summed E-state index contributed by atoms with van der Waals surface area (Å²) in [4.78, 5) is 15.8. The fourth-order valence-corrected chi connectivity index (χ4v) is 3.82. The van der Waals surface area contributed by atoms with E-state index in [-0.39, 0.29) is 5.25 Å². The van der Waals surface area contributed by atoms with Gasteiger partial charge in [-0.25, -0.2) is 4.98 Å². The van der Waals surface area contributed by atoms with E-state index in [1.165, 1.54) is 0 Å². The van der Waals surface area contributed by atoms with E-state index in [0.29, 0.717) is 24.1 Å². The minimum Gasteiger partial charge on any atom is -0.480 e. The van der Waals surface area contributed by atoms with Crippen LogP contribution in [-0.2, 0) is 4.79 Å². The lowest BCUT2D eigenvalue weighted by atomic mass is 9.98. The summed E-state index contributed by atoms with van der Waals surface area (Å²) in [6.07, 6.45) is 6.06. The molecule has 1 heterocycles. The van der Waals surface area contributed by atoms with Crippen molar-refractivity contribution >= 4 is 17.7 Å². The van der Waals surface area contributed by atoms with E-state index >= 15 is 0 Å². The molecule has 2 atom stereocenters. The minimum absolute atomic E-state index is 0.264. The van der Waals surface area contributed by atoms with Crippen LogP contribution in [0.4, 0.5) is 0 Å². The Morgan fingerprint density at radius 2 is 2.37 bits per heavy atom. The Kier molecular flexibility index (Phi) is 3.30. The number of aliphatic carboxylic acids is 1. The van der Waals surface area contributed by atoms with E-state index in [2.05, 4.69) is 10.3 Å². The predicted molar refractivity (Wildman–Crippen MR) is 71.3 cm³/mol. The molecule has 0 aliphatic heterocycles. The summed E-state index contributed by atoms with van der Waals surface area (Å²) in [6.45, 7) is 1.89. The van der Waals surface area contributed by atoms with Gasteiger partial charge in [0.05, 0.1) is 5.69 Å². The van der Waals surface area contributed by atoms with Crippen molar-refractivity contribution in [2.24, 2.45) is 0 Å². The lowest BCUT2D eigenvalue weighted by Gasteiger charge is -2.25. The summed E-state index contributed by atoms with van der Waals surface area (Å²) < 4.78 is 5.33. The van der Waals surface area contributed by atoms with E-state index in [1.807, 2.05) is 6.92 Å². The van der Waals surface area contributed by atoms with E-state index in [0.717, 1.165) is 25.0 Å². The molecule has 3 rings (SSSR count). The zero-order valence-corrected chi connectivity index (χ0v) is 11.7. The van der Waals surface area contributed by atoms with Crippen LogP contribution in [0.25, 0.3) is 0 Å². The van der Waals surface area contributed by atoms with Crippen LogP contribution in [-0.4, -0.2) is 32.9 Å². The van der Waals surface area contributed by atoms with Crippen LogP contribution in [0.5, 0.6) is 0 Å². The average Bonchev–Trinajstić information content (AvgIpc) is 2.92. The van der Waals surface area contributed by atoms with E-state index in [4.69, 9.17) is 4.42 Å². The quantitative estimate of drug-likeness (QED) is 0.862. The molecule has 2 unspecified atom stereocenters. The van der Waals surface area contributed by atoms with Crippen LogP contribution < -0.4 is 5.32 Å². The van der Waals surface area contributed by atoms with Crippen molar-refractivity contribution in [1.82, 2.24) is 10.3 Å². The number of rotatable bonds is 5. The molecule has 19 heavy (non-hydrogen) atoms. The molecule has 0 aromatic carbocycles. The van der Waals surface area contributed by atoms with Crippen LogP contribution in [0, 0.1) is 6.92 Å². The van der Waals surface area contributed by atoms with Gasteiger partial charge >= 0.3 is 5.97 Å². The molecule has 5 nitrogen and oxygen atoms in total. The molecule has 2 aliphatic carbocycles. The fourth-order valence-electron chi connectivity index (χ4n) is 2.64. The molecule has 6 heteroatoms. The molecule has 104 valence electrons. The van der Waals surface area contributed by atoms with Gasteiger partial charge in [0.1, 0.15) is 11.8 Å². The van der Waals surface area contributed by atoms with Crippen LogP contribution >= 0.6 is 11.8 Å². The first-order chi connectivity index (χ1) is 9.07. The number of carbonyl (C=O) groups is 1. The molecule has 0 amide bonds. The van der Waals surface area contributed by atoms with Crippen LogP contribution in [0.15, 0.2) is 15.9 Å². The van der Waals surface area contributed by atoms with Gasteiger partial charge in [-0.15, -0.1) is 0 Å². The number of hydrogen-bond donors (Lipinski definition) is 2. The second-order valence-electron chi connectivity index (χ2n) is 5.54. The Bertz CT molecular complexity index is 486. The van der Waals surface area contributed by atoms with Gasteiger partial charge in [0.15, 0.2) is 0 Å². The maximum atomic E-state index is 11.6. The summed E-state index contributed by atoms with van der Waals surface area (Å²) >= 11 is 1.56. The molecule has 2 N–H and O–H groups in total. The highest BCUT2D eigenvalue weighted by molar-refractivity contribution is 7.99. The Morgan fingerprint density at radius 1 is 1.58 bits per heavy atom.